The van der Waals surface area contributed by atoms with E-state index in [-0.39, 0.29) is 35.7 Å². The van der Waals surface area contributed by atoms with Gasteiger partial charge in [-0.3, -0.25) is 9.78 Å². The maximum absolute atomic E-state index is 13.0. The number of piperidine rings is 1. The monoisotopic (exact) mass is 576 g/mol. The summed E-state index contributed by atoms with van der Waals surface area (Å²) < 4.78 is 26.0. The Kier molecular flexibility index (Phi) is 8.31. The molecule has 9 heteroatoms. The van der Waals surface area contributed by atoms with Crippen LogP contribution in [0.3, 0.4) is 0 Å². The van der Waals surface area contributed by atoms with Gasteiger partial charge in [-0.25, -0.2) is 18.4 Å². The Morgan fingerprint density at radius 2 is 1.68 bits per heavy atom. The molecule has 208 valence electrons. The summed E-state index contributed by atoms with van der Waals surface area (Å²) in [7, 11) is -3.58. The predicted molar refractivity (Wildman–Crippen MR) is 157 cm³/mol. The zero-order chi connectivity index (χ0) is 27.0. The number of sulfone groups is 1. The topological polar surface area (TPSA) is 102 Å². The number of aromatic nitrogens is 3. The summed E-state index contributed by atoms with van der Waals surface area (Å²) in [6, 6.07) is 12.8. The number of rotatable bonds is 8. The lowest BCUT2D eigenvalue weighted by Crippen LogP contribution is -2.26. The lowest BCUT2D eigenvalue weighted by atomic mass is 9.92. The molecule has 1 N–H and O–H groups in total. The molecule has 1 aliphatic heterocycles. The molecule has 1 saturated carbocycles. The number of ketones is 1. The highest BCUT2D eigenvalue weighted by molar-refractivity contribution is 7.90. The van der Waals surface area contributed by atoms with Crippen LogP contribution < -0.4 is 5.32 Å². The van der Waals surface area contributed by atoms with E-state index in [2.05, 4.69) is 20.3 Å². The molecule has 0 radical (unpaired) electrons. The summed E-state index contributed by atoms with van der Waals surface area (Å²) in [6.07, 6.45) is 10.1. The molecule has 4 aromatic rings. The number of hydrogen-bond donors (Lipinski definition) is 1. The normalized spacial score (nSPS) is 19.2. The summed E-state index contributed by atoms with van der Waals surface area (Å²) in [6.45, 7) is 1.95. The highest BCUT2D eigenvalue weighted by atomic mass is 35.5. The van der Waals surface area contributed by atoms with Gasteiger partial charge in [-0.05, 0) is 79.1 Å². The van der Waals surface area contributed by atoms with Crippen molar-refractivity contribution in [3.05, 3.63) is 94.8 Å². The van der Waals surface area contributed by atoms with Crippen molar-refractivity contribution in [2.75, 3.05) is 13.1 Å². The largest absolute Gasteiger partial charge is 0.317 e. The molecule has 2 fully saturated rings. The molecule has 3 heterocycles. The third-order valence-electron chi connectivity index (χ3n) is 7.88. The van der Waals surface area contributed by atoms with E-state index in [9.17, 15) is 13.2 Å². The van der Waals surface area contributed by atoms with Gasteiger partial charge in [0.05, 0.1) is 9.92 Å². The zero-order valence-electron chi connectivity index (χ0n) is 21.4. The van der Waals surface area contributed by atoms with Crippen LogP contribution >= 0.6 is 11.6 Å². The zero-order valence-corrected chi connectivity index (χ0v) is 23.0. The van der Waals surface area contributed by atoms with Crippen LogP contribution in [0.25, 0.3) is 10.8 Å². The number of benzene rings is 2. The summed E-state index contributed by atoms with van der Waals surface area (Å²) in [5, 5.41) is 5.75. The van der Waals surface area contributed by atoms with Gasteiger partial charge in [-0.1, -0.05) is 43.3 Å². The van der Waals surface area contributed by atoms with E-state index < -0.39 is 9.84 Å². The number of halogens is 1. The molecule has 0 amide bonds. The second-order valence-electron chi connectivity index (χ2n) is 10.6. The minimum Gasteiger partial charge on any atom is -0.317 e. The molecular weight excluding hydrogens is 544 g/mol. The van der Waals surface area contributed by atoms with Crippen molar-refractivity contribution in [2.24, 2.45) is 5.92 Å². The van der Waals surface area contributed by atoms with E-state index in [1.165, 1.54) is 0 Å². The summed E-state index contributed by atoms with van der Waals surface area (Å²) in [5.74, 6) is 0.736. The molecule has 0 unspecified atom stereocenters. The number of fused-ring (bicyclic) bond motifs is 1. The predicted octanol–water partition coefficient (Wildman–Crippen LogP) is 5.67. The highest BCUT2D eigenvalue weighted by Crippen LogP contribution is 2.48. The molecule has 1 saturated heterocycles. The summed E-state index contributed by atoms with van der Waals surface area (Å²) >= 11 is 6.27. The fraction of sp³-hybridized carbons (Fsp3) is 0.355. The third kappa shape index (κ3) is 6.09. The van der Waals surface area contributed by atoms with Gasteiger partial charge in [0.2, 0.25) is 0 Å². The molecule has 40 heavy (non-hydrogen) atoms. The second-order valence-corrected chi connectivity index (χ2v) is 13.0. The van der Waals surface area contributed by atoms with Crippen LogP contribution in [0, 0.1) is 5.92 Å². The van der Waals surface area contributed by atoms with E-state index in [1.54, 1.807) is 36.9 Å². The number of Topliss-reactive ketones (excluding diaryl/α,β-unsaturated/α-hetero) is 1. The van der Waals surface area contributed by atoms with Gasteiger partial charge >= 0.3 is 0 Å². The van der Waals surface area contributed by atoms with Crippen molar-refractivity contribution in [1.29, 1.82) is 0 Å². The second kappa shape index (κ2) is 11.7. The van der Waals surface area contributed by atoms with Crippen LogP contribution in [0.15, 0.2) is 72.1 Å². The molecule has 2 aliphatic rings. The van der Waals surface area contributed by atoms with Crippen LogP contribution in [0.1, 0.15) is 61.0 Å². The summed E-state index contributed by atoms with van der Waals surface area (Å²) in [5.41, 5.74) is 2.98. The quantitative estimate of drug-likeness (QED) is 0.288. The van der Waals surface area contributed by atoms with E-state index in [1.807, 2.05) is 30.3 Å². The molecule has 2 aromatic carbocycles. The molecule has 0 spiro atoms. The van der Waals surface area contributed by atoms with Gasteiger partial charge in [0, 0.05) is 47.9 Å². The first-order valence-corrected chi connectivity index (χ1v) is 15.3. The number of hydrogen-bond acceptors (Lipinski definition) is 7. The summed E-state index contributed by atoms with van der Waals surface area (Å²) in [4.78, 5) is 26.0. The SMILES string of the molecule is C.O=C(Cc1ccc2cncc(Cl)c2c1)[C@@H]1C[C@H]1c1ccc(S(=O)(=O)Cc2ncc(C3CCNCC3)cn2)cc1. The fourth-order valence-corrected chi connectivity index (χ4v) is 6.94. The lowest BCUT2D eigenvalue weighted by molar-refractivity contribution is -0.119. The van der Waals surface area contributed by atoms with Crippen molar-refractivity contribution in [3.8, 4) is 0 Å². The first kappa shape index (κ1) is 28.3. The van der Waals surface area contributed by atoms with Crippen molar-refractivity contribution in [3.63, 3.8) is 0 Å². The molecule has 1 aliphatic carbocycles. The average molecular weight is 577 g/mol. The first-order valence-electron chi connectivity index (χ1n) is 13.3. The van der Waals surface area contributed by atoms with Crippen molar-refractivity contribution in [2.45, 2.75) is 55.6 Å². The minimum atomic E-state index is -3.58. The van der Waals surface area contributed by atoms with Gasteiger partial charge in [0.25, 0.3) is 0 Å². The van der Waals surface area contributed by atoms with Crippen molar-refractivity contribution >= 4 is 38.0 Å². The Labute approximate surface area is 240 Å². The maximum atomic E-state index is 13.0. The molecule has 7 nitrogen and oxygen atoms in total. The number of pyridine rings is 1. The van der Waals surface area contributed by atoms with Crippen LogP contribution in [-0.2, 0) is 26.8 Å². The number of carbonyl (C=O) groups excluding carboxylic acids is 1. The fourth-order valence-electron chi connectivity index (χ4n) is 5.52. The molecule has 2 atom stereocenters. The first-order chi connectivity index (χ1) is 18.9. The van der Waals surface area contributed by atoms with Gasteiger partial charge in [-0.2, -0.15) is 0 Å². The highest BCUT2D eigenvalue weighted by Gasteiger charge is 2.43. The van der Waals surface area contributed by atoms with Crippen molar-refractivity contribution < 1.29 is 13.2 Å². The van der Waals surface area contributed by atoms with E-state index in [0.29, 0.717) is 23.2 Å². The Balaban J connectivity index is 0.00000323. The average Bonchev–Trinajstić information content (AvgIpc) is 3.76. The molecular formula is C31H33ClN4O3S. The van der Waals surface area contributed by atoms with Gasteiger partial charge in [0.1, 0.15) is 17.4 Å². The minimum absolute atomic E-state index is 0. The van der Waals surface area contributed by atoms with Crippen LogP contribution in [-0.4, -0.2) is 42.2 Å². The smallest absolute Gasteiger partial charge is 0.185 e. The van der Waals surface area contributed by atoms with Crippen LogP contribution in [0.4, 0.5) is 0 Å². The Morgan fingerprint density at radius 1 is 0.950 bits per heavy atom. The maximum Gasteiger partial charge on any atom is 0.185 e. The van der Waals surface area contributed by atoms with E-state index in [0.717, 1.165) is 59.8 Å². The Hall–Kier alpha value is -3.20. The standard InChI is InChI=1S/C30H29ClN4O3S.CH4/c31-28-17-33-14-22-2-1-19(11-26(22)28)12-29(36)27-13-25(27)21-3-5-24(6-4-21)39(37,38)18-30-34-15-23(16-35-30)20-7-9-32-10-8-20;/h1-6,11,14-17,20,25,27,32H,7-10,12-13,18H2;1H4/t25-,27+;/m0./s1. The van der Waals surface area contributed by atoms with Crippen molar-refractivity contribution in [1.82, 2.24) is 20.3 Å². The Bertz CT molecular complexity index is 1620. The van der Waals surface area contributed by atoms with Crippen LogP contribution in [0.5, 0.6) is 0 Å². The van der Waals surface area contributed by atoms with E-state index in [4.69, 9.17) is 11.6 Å². The number of nitrogens with one attached hydrogen (secondary N) is 1. The number of carbonyl (C=O) groups is 1. The Morgan fingerprint density at radius 3 is 2.40 bits per heavy atom. The molecule has 2 aromatic heterocycles. The number of nitrogens with zero attached hydrogens (tertiary/aromatic N) is 3. The van der Waals surface area contributed by atoms with E-state index >= 15 is 0 Å². The van der Waals surface area contributed by atoms with Crippen LogP contribution in [0.2, 0.25) is 5.02 Å². The van der Waals surface area contributed by atoms with Gasteiger partial charge in [0.15, 0.2) is 9.84 Å². The lowest BCUT2D eigenvalue weighted by Gasteiger charge is -2.22. The molecule has 6 rings (SSSR count). The van der Waals surface area contributed by atoms with Gasteiger partial charge < -0.3 is 5.32 Å². The third-order valence-corrected chi connectivity index (χ3v) is 9.81. The van der Waals surface area contributed by atoms with Gasteiger partial charge in [-0.15, -0.1) is 0 Å². The molecule has 0 bridgehead atoms.